The van der Waals surface area contributed by atoms with Crippen molar-refractivity contribution >= 4 is 23.2 Å². The lowest BCUT2D eigenvalue weighted by Gasteiger charge is -2.19. The van der Waals surface area contributed by atoms with Crippen LogP contribution in [0.5, 0.6) is 0 Å². The number of carboxylic acid groups (broad SMARTS) is 1. The zero-order valence-electron chi connectivity index (χ0n) is 11.9. The summed E-state index contributed by atoms with van der Waals surface area (Å²) in [5.41, 5.74) is 0.958. The molecule has 8 heteroatoms. The van der Waals surface area contributed by atoms with Crippen LogP contribution in [-0.4, -0.2) is 57.9 Å². The molecule has 0 radical (unpaired) electrons. The molecule has 2 N–H and O–H groups in total. The van der Waals surface area contributed by atoms with Gasteiger partial charge in [0.25, 0.3) is 5.91 Å². The molecule has 3 heterocycles. The lowest BCUT2D eigenvalue weighted by molar-refractivity contribution is -0.141. The number of H-pyrrole nitrogens is 1. The number of aliphatic carboxylic acids is 1. The minimum Gasteiger partial charge on any atom is -0.480 e. The molecular formula is C14H15N3O4S. The van der Waals surface area contributed by atoms with Crippen molar-refractivity contribution in [3.8, 4) is 10.6 Å². The number of nitrogens with zero attached hydrogens (tertiary/aromatic N) is 2. The maximum atomic E-state index is 12.5. The highest BCUT2D eigenvalue weighted by Crippen LogP contribution is 2.26. The van der Waals surface area contributed by atoms with Crippen molar-refractivity contribution in [1.29, 1.82) is 0 Å². The SMILES string of the molecule is COC1CC(C(=O)O)N(C(=O)c2cc(-c3cccs3)[nH]n2)C1. The molecular weight excluding hydrogens is 306 g/mol. The lowest BCUT2D eigenvalue weighted by atomic mass is 10.2. The third-order valence-corrected chi connectivity index (χ3v) is 4.63. The molecule has 2 aromatic rings. The molecule has 1 amide bonds. The Bertz CT molecular complexity index is 682. The second-order valence-corrected chi connectivity index (χ2v) is 6.00. The number of hydrogen-bond acceptors (Lipinski definition) is 5. The number of thiophene rings is 1. The molecule has 1 fully saturated rings. The van der Waals surface area contributed by atoms with Crippen molar-refractivity contribution in [1.82, 2.24) is 15.1 Å². The third-order valence-electron chi connectivity index (χ3n) is 3.73. The summed E-state index contributed by atoms with van der Waals surface area (Å²) in [4.78, 5) is 26.1. The van der Waals surface area contributed by atoms with Crippen LogP contribution >= 0.6 is 11.3 Å². The van der Waals surface area contributed by atoms with Crippen LogP contribution in [-0.2, 0) is 9.53 Å². The second kappa shape index (κ2) is 5.90. The van der Waals surface area contributed by atoms with Crippen molar-refractivity contribution in [2.24, 2.45) is 0 Å². The summed E-state index contributed by atoms with van der Waals surface area (Å²) in [6.07, 6.45) is 0.0283. The van der Waals surface area contributed by atoms with Gasteiger partial charge in [0.2, 0.25) is 0 Å². The normalized spacial score (nSPS) is 21.2. The van der Waals surface area contributed by atoms with Crippen LogP contribution in [0.25, 0.3) is 10.6 Å². The molecule has 1 saturated heterocycles. The zero-order chi connectivity index (χ0) is 15.7. The molecule has 0 saturated carbocycles. The summed E-state index contributed by atoms with van der Waals surface area (Å²) in [7, 11) is 1.51. The summed E-state index contributed by atoms with van der Waals surface area (Å²) < 4.78 is 5.19. The molecule has 2 aromatic heterocycles. The van der Waals surface area contributed by atoms with Gasteiger partial charge in [-0.3, -0.25) is 9.89 Å². The number of rotatable bonds is 4. The maximum absolute atomic E-state index is 12.5. The van der Waals surface area contributed by atoms with Gasteiger partial charge in [0, 0.05) is 20.1 Å². The quantitative estimate of drug-likeness (QED) is 0.888. The third kappa shape index (κ3) is 2.62. The first-order valence-electron chi connectivity index (χ1n) is 6.76. The molecule has 1 aliphatic heterocycles. The topological polar surface area (TPSA) is 95.5 Å². The van der Waals surface area contributed by atoms with Gasteiger partial charge in [-0.25, -0.2) is 4.79 Å². The van der Waals surface area contributed by atoms with Gasteiger partial charge in [0.1, 0.15) is 6.04 Å². The monoisotopic (exact) mass is 321 g/mol. The largest absolute Gasteiger partial charge is 0.480 e. The van der Waals surface area contributed by atoms with Crippen LogP contribution in [0.15, 0.2) is 23.6 Å². The van der Waals surface area contributed by atoms with E-state index in [4.69, 9.17) is 4.74 Å². The average molecular weight is 321 g/mol. The Labute approximate surface area is 130 Å². The van der Waals surface area contributed by atoms with E-state index < -0.39 is 17.9 Å². The minimum atomic E-state index is -1.03. The molecule has 0 aliphatic carbocycles. The van der Waals surface area contributed by atoms with Crippen LogP contribution in [0.4, 0.5) is 0 Å². The number of aromatic nitrogens is 2. The molecule has 116 valence electrons. The number of carbonyl (C=O) groups excluding carboxylic acids is 1. The Morgan fingerprint density at radius 3 is 3.00 bits per heavy atom. The Morgan fingerprint density at radius 1 is 1.55 bits per heavy atom. The fourth-order valence-corrected chi connectivity index (χ4v) is 3.26. The van der Waals surface area contributed by atoms with Gasteiger partial charge in [-0.1, -0.05) is 6.07 Å². The number of nitrogens with one attached hydrogen (secondary N) is 1. The van der Waals surface area contributed by atoms with Crippen LogP contribution in [0.2, 0.25) is 0 Å². The van der Waals surface area contributed by atoms with Crippen LogP contribution < -0.4 is 0 Å². The predicted molar refractivity (Wildman–Crippen MR) is 79.8 cm³/mol. The smallest absolute Gasteiger partial charge is 0.326 e. The summed E-state index contributed by atoms with van der Waals surface area (Å²) >= 11 is 1.53. The highest BCUT2D eigenvalue weighted by molar-refractivity contribution is 7.13. The van der Waals surface area contributed by atoms with Crippen LogP contribution in [0.1, 0.15) is 16.9 Å². The van der Waals surface area contributed by atoms with Gasteiger partial charge < -0.3 is 14.7 Å². The van der Waals surface area contributed by atoms with E-state index in [2.05, 4.69) is 10.2 Å². The van der Waals surface area contributed by atoms with E-state index in [-0.39, 0.29) is 18.3 Å². The van der Waals surface area contributed by atoms with Gasteiger partial charge in [0.15, 0.2) is 5.69 Å². The summed E-state index contributed by atoms with van der Waals surface area (Å²) in [5, 5.41) is 18.0. The van der Waals surface area contributed by atoms with Crippen LogP contribution in [0, 0.1) is 0 Å². The standard InChI is InChI=1S/C14H15N3O4S/c1-21-8-5-11(14(19)20)17(7-8)13(18)10-6-9(15-16-10)12-3-2-4-22-12/h2-4,6,8,11H,5,7H2,1H3,(H,15,16)(H,19,20). The van der Waals surface area contributed by atoms with E-state index in [0.717, 1.165) is 10.6 Å². The fraction of sp³-hybridized carbons (Fsp3) is 0.357. The molecule has 7 nitrogen and oxygen atoms in total. The first kappa shape index (κ1) is 14.7. The number of carbonyl (C=O) groups is 2. The van der Waals surface area contributed by atoms with Crippen molar-refractivity contribution in [2.75, 3.05) is 13.7 Å². The molecule has 3 rings (SSSR count). The zero-order valence-corrected chi connectivity index (χ0v) is 12.7. The number of amides is 1. The average Bonchev–Trinajstić information content (AvgIpc) is 3.23. The molecule has 0 aromatic carbocycles. The summed E-state index contributed by atoms with van der Waals surface area (Å²) in [5.74, 6) is -1.42. The van der Waals surface area contributed by atoms with Gasteiger partial charge in [-0.2, -0.15) is 5.10 Å². The second-order valence-electron chi connectivity index (χ2n) is 5.05. The van der Waals surface area contributed by atoms with Crippen molar-refractivity contribution in [3.63, 3.8) is 0 Å². The Hall–Kier alpha value is -2.19. The maximum Gasteiger partial charge on any atom is 0.326 e. The van der Waals surface area contributed by atoms with Crippen LogP contribution in [0.3, 0.4) is 0 Å². The van der Waals surface area contributed by atoms with E-state index in [1.165, 1.54) is 23.3 Å². The first-order valence-corrected chi connectivity index (χ1v) is 7.64. The van der Waals surface area contributed by atoms with Gasteiger partial charge in [-0.15, -0.1) is 11.3 Å². The molecule has 2 unspecified atom stereocenters. The molecule has 2 atom stereocenters. The summed E-state index contributed by atoms with van der Waals surface area (Å²) in [6.45, 7) is 0.257. The van der Waals surface area contributed by atoms with Gasteiger partial charge in [0.05, 0.1) is 16.7 Å². The fourth-order valence-electron chi connectivity index (χ4n) is 2.56. The first-order chi connectivity index (χ1) is 10.6. The van der Waals surface area contributed by atoms with Gasteiger partial charge >= 0.3 is 5.97 Å². The predicted octanol–water partition coefficient (Wildman–Crippen LogP) is 1.45. The molecule has 0 bridgehead atoms. The van der Waals surface area contributed by atoms with Gasteiger partial charge in [-0.05, 0) is 17.5 Å². The van der Waals surface area contributed by atoms with E-state index in [1.54, 1.807) is 6.07 Å². The number of ether oxygens (including phenoxy) is 1. The number of likely N-dealkylation sites (tertiary alicyclic amines) is 1. The van der Waals surface area contributed by atoms with E-state index in [0.29, 0.717) is 6.42 Å². The van der Waals surface area contributed by atoms with E-state index in [9.17, 15) is 14.7 Å². The highest BCUT2D eigenvalue weighted by Gasteiger charge is 2.40. The Kier molecular flexibility index (Phi) is 3.95. The minimum absolute atomic E-state index is 0.214. The highest BCUT2D eigenvalue weighted by atomic mass is 32.1. The number of hydrogen-bond donors (Lipinski definition) is 2. The van der Waals surface area contributed by atoms with E-state index in [1.807, 2.05) is 17.5 Å². The van der Waals surface area contributed by atoms with E-state index >= 15 is 0 Å². The molecule has 0 spiro atoms. The number of methoxy groups -OCH3 is 1. The van der Waals surface area contributed by atoms with Crippen molar-refractivity contribution < 1.29 is 19.4 Å². The summed E-state index contributed by atoms with van der Waals surface area (Å²) in [6, 6.07) is 4.60. The lowest BCUT2D eigenvalue weighted by Crippen LogP contribution is -2.40. The molecule has 1 aliphatic rings. The Morgan fingerprint density at radius 2 is 2.36 bits per heavy atom. The number of aromatic amines is 1. The van der Waals surface area contributed by atoms with Crippen molar-refractivity contribution in [3.05, 3.63) is 29.3 Å². The molecule has 22 heavy (non-hydrogen) atoms. The van der Waals surface area contributed by atoms with Crippen molar-refractivity contribution in [2.45, 2.75) is 18.6 Å². The Balaban J connectivity index is 1.82. The number of carboxylic acids is 1.